The van der Waals surface area contributed by atoms with Gasteiger partial charge in [-0.05, 0) is 49.0 Å². The van der Waals surface area contributed by atoms with Crippen LogP contribution in [-0.4, -0.2) is 65.8 Å². The summed E-state index contributed by atoms with van der Waals surface area (Å²) < 4.78 is 0.245. The van der Waals surface area contributed by atoms with Crippen molar-refractivity contribution in [2.45, 2.75) is 19.3 Å². The summed E-state index contributed by atoms with van der Waals surface area (Å²) in [6.07, 6.45) is 2.72. The smallest absolute Gasteiger partial charge is 0.236 e. The molecule has 1 aliphatic heterocycles. The minimum absolute atomic E-state index is 0.188. The van der Waals surface area contributed by atoms with E-state index in [0.717, 1.165) is 45.6 Å². The van der Waals surface area contributed by atoms with E-state index >= 15 is 0 Å². The van der Waals surface area contributed by atoms with Gasteiger partial charge in [0, 0.05) is 32.6 Å². The third kappa shape index (κ3) is 6.10. The van der Waals surface area contributed by atoms with Gasteiger partial charge in [-0.15, -0.1) is 0 Å². The second-order valence-corrected chi connectivity index (χ2v) is 5.77. The van der Waals surface area contributed by atoms with E-state index in [0.29, 0.717) is 13.0 Å². The van der Waals surface area contributed by atoms with E-state index in [-0.39, 0.29) is 9.70 Å². The molecule has 0 bridgehead atoms. The minimum Gasteiger partial charge on any atom is -0.339 e. The zero-order chi connectivity index (χ0) is 13.4. The van der Waals surface area contributed by atoms with Crippen LogP contribution in [0, 0.1) is 0 Å². The van der Waals surface area contributed by atoms with E-state index in [1.165, 1.54) is 0 Å². The third-order valence-electron chi connectivity index (χ3n) is 3.15. The molecule has 18 heavy (non-hydrogen) atoms. The molecule has 0 spiro atoms. The lowest BCUT2D eigenvalue weighted by molar-refractivity contribution is -0.131. The van der Waals surface area contributed by atoms with Crippen LogP contribution in [0.25, 0.3) is 0 Å². The lowest BCUT2D eigenvalue weighted by Crippen LogP contribution is -2.50. The van der Waals surface area contributed by atoms with E-state index in [1.54, 1.807) is 7.05 Å². The standard InChI is InChI=1S/C12H22IN3O2/c1-14-10-12(18)16-8-6-15(7-9-16)5-3-2-4-11(13)17/h14H,2-10H2,1H3. The Balaban J connectivity index is 2.11. The Labute approximate surface area is 122 Å². The average Bonchev–Trinajstić information content (AvgIpc) is 2.35. The molecule has 1 fully saturated rings. The Morgan fingerprint density at radius 1 is 1.17 bits per heavy atom. The topological polar surface area (TPSA) is 52.7 Å². The third-order valence-corrected chi connectivity index (χ3v) is 3.69. The molecule has 0 radical (unpaired) electrons. The molecule has 0 atom stereocenters. The quantitative estimate of drug-likeness (QED) is 0.404. The van der Waals surface area contributed by atoms with Gasteiger partial charge in [0.05, 0.1) is 6.54 Å². The SMILES string of the molecule is CNCC(=O)N1CCN(CCCCC(=O)I)CC1. The summed E-state index contributed by atoms with van der Waals surface area (Å²) in [4.78, 5) is 26.7. The summed E-state index contributed by atoms with van der Waals surface area (Å²) in [5.74, 6) is 0.188. The fraction of sp³-hybridized carbons (Fsp3) is 0.833. The van der Waals surface area contributed by atoms with Crippen LogP contribution in [0.2, 0.25) is 0 Å². The van der Waals surface area contributed by atoms with Crippen LogP contribution in [0.4, 0.5) is 0 Å². The highest BCUT2D eigenvalue weighted by molar-refractivity contribution is 14.1. The molecule has 6 heteroatoms. The molecular formula is C12H22IN3O2. The summed E-state index contributed by atoms with van der Waals surface area (Å²) in [5.41, 5.74) is 0. The van der Waals surface area contributed by atoms with Gasteiger partial charge in [-0.3, -0.25) is 14.5 Å². The average molecular weight is 367 g/mol. The molecule has 0 aromatic rings. The molecule has 1 rings (SSSR count). The summed E-state index contributed by atoms with van der Waals surface area (Å²) in [7, 11) is 1.79. The van der Waals surface area contributed by atoms with Gasteiger partial charge in [-0.25, -0.2) is 0 Å². The Kier molecular flexibility index (Phi) is 7.76. The van der Waals surface area contributed by atoms with Gasteiger partial charge in [0.2, 0.25) is 5.91 Å². The highest BCUT2D eigenvalue weighted by Crippen LogP contribution is 2.06. The van der Waals surface area contributed by atoms with Crippen molar-refractivity contribution in [3.05, 3.63) is 0 Å². The Morgan fingerprint density at radius 3 is 2.39 bits per heavy atom. The molecule has 1 aliphatic rings. The van der Waals surface area contributed by atoms with Gasteiger partial charge in [-0.2, -0.15) is 0 Å². The van der Waals surface area contributed by atoms with Crippen LogP contribution in [0.3, 0.4) is 0 Å². The van der Waals surface area contributed by atoms with Crippen LogP contribution in [-0.2, 0) is 9.59 Å². The molecular weight excluding hydrogens is 345 g/mol. The Hall–Kier alpha value is -0.210. The number of unbranched alkanes of at least 4 members (excludes halogenated alkanes) is 1. The van der Waals surface area contributed by atoms with Gasteiger partial charge >= 0.3 is 0 Å². The number of carbonyl (C=O) groups is 2. The van der Waals surface area contributed by atoms with E-state index in [4.69, 9.17) is 0 Å². The maximum atomic E-state index is 11.6. The molecule has 0 aromatic carbocycles. The largest absolute Gasteiger partial charge is 0.339 e. The predicted octanol–water partition coefficient (Wildman–Crippen LogP) is 0.482. The van der Waals surface area contributed by atoms with Crippen molar-refractivity contribution in [1.82, 2.24) is 15.1 Å². The molecule has 0 unspecified atom stereocenters. The predicted molar refractivity (Wildman–Crippen MR) is 79.8 cm³/mol. The first-order valence-corrected chi connectivity index (χ1v) is 7.54. The summed E-state index contributed by atoms with van der Waals surface area (Å²) in [5, 5.41) is 2.89. The number of halogens is 1. The molecule has 0 aromatic heterocycles. The fourth-order valence-corrected chi connectivity index (χ4v) is 2.46. The Morgan fingerprint density at radius 2 is 1.83 bits per heavy atom. The molecule has 5 nitrogen and oxygen atoms in total. The zero-order valence-corrected chi connectivity index (χ0v) is 13.1. The number of piperazine rings is 1. The number of hydrogen-bond donors (Lipinski definition) is 1. The first kappa shape index (κ1) is 15.8. The summed E-state index contributed by atoms with van der Waals surface area (Å²) in [6.45, 7) is 5.02. The maximum Gasteiger partial charge on any atom is 0.236 e. The van der Waals surface area contributed by atoms with Crippen molar-refractivity contribution >= 4 is 32.3 Å². The van der Waals surface area contributed by atoms with E-state index in [2.05, 4.69) is 10.2 Å². The molecule has 1 heterocycles. The van der Waals surface area contributed by atoms with Crippen LogP contribution < -0.4 is 5.32 Å². The van der Waals surface area contributed by atoms with E-state index < -0.39 is 0 Å². The number of likely N-dealkylation sites (N-methyl/N-ethyl adjacent to an activating group) is 1. The number of hydrogen-bond acceptors (Lipinski definition) is 4. The second-order valence-electron chi connectivity index (χ2n) is 4.56. The van der Waals surface area contributed by atoms with Crippen molar-refractivity contribution in [2.75, 3.05) is 46.3 Å². The first-order valence-electron chi connectivity index (χ1n) is 6.46. The molecule has 0 aliphatic carbocycles. The number of nitrogens with zero attached hydrogens (tertiary/aromatic N) is 2. The van der Waals surface area contributed by atoms with E-state index in [1.807, 2.05) is 27.5 Å². The minimum atomic E-state index is 0.188. The summed E-state index contributed by atoms with van der Waals surface area (Å²) >= 11 is 1.85. The second kappa shape index (κ2) is 8.82. The zero-order valence-electron chi connectivity index (χ0n) is 11.0. The summed E-state index contributed by atoms with van der Waals surface area (Å²) in [6, 6.07) is 0. The van der Waals surface area contributed by atoms with Gasteiger partial charge in [-0.1, -0.05) is 0 Å². The number of carbonyl (C=O) groups excluding carboxylic acids is 2. The normalized spacial score (nSPS) is 16.9. The first-order chi connectivity index (χ1) is 8.63. The van der Waals surface area contributed by atoms with Crippen molar-refractivity contribution in [2.24, 2.45) is 0 Å². The van der Waals surface area contributed by atoms with Crippen molar-refractivity contribution < 1.29 is 9.59 Å². The van der Waals surface area contributed by atoms with Crippen molar-refractivity contribution in [3.63, 3.8) is 0 Å². The van der Waals surface area contributed by atoms with Gasteiger partial charge in [0.25, 0.3) is 0 Å². The van der Waals surface area contributed by atoms with Crippen molar-refractivity contribution in [1.29, 1.82) is 0 Å². The van der Waals surface area contributed by atoms with Crippen LogP contribution in [0.5, 0.6) is 0 Å². The number of rotatable bonds is 7. The molecule has 0 saturated carbocycles. The fourth-order valence-electron chi connectivity index (χ4n) is 2.08. The molecule has 1 N–H and O–H groups in total. The maximum absolute atomic E-state index is 11.6. The highest BCUT2D eigenvalue weighted by atomic mass is 127. The van der Waals surface area contributed by atoms with Gasteiger partial charge < -0.3 is 10.2 Å². The van der Waals surface area contributed by atoms with E-state index in [9.17, 15) is 9.59 Å². The highest BCUT2D eigenvalue weighted by Gasteiger charge is 2.19. The van der Waals surface area contributed by atoms with Crippen LogP contribution >= 0.6 is 22.6 Å². The molecule has 104 valence electrons. The van der Waals surface area contributed by atoms with Gasteiger partial charge in [0.15, 0.2) is 3.79 Å². The number of nitrogens with one attached hydrogen (secondary N) is 1. The monoisotopic (exact) mass is 367 g/mol. The lowest BCUT2D eigenvalue weighted by Gasteiger charge is -2.34. The van der Waals surface area contributed by atoms with Crippen LogP contribution in [0.1, 0.15) is 19.3 Å². The lowest BCUT2D eigenvalue weighted by atomic mass is 10.2. The van der Waals surface area contributed by atoms with Crippen LogP contribution in [0.15, 0.2) is 0 Å². The van der Waals surface area contributed by atoms with Crippen molar-refractivity contribution in [3.8, 4) is 0 Å². The number of amides is 1. The molecule has 1 amide bonds. The van der Waals surface area contributed by atoms with Gasteiger partial charge in [0.1, 0.15) is 0 Å². The molecule has 1 saturated heterocycles. The Bertz CT molecular complexity index is 278.